The average Bonchev–Trinajstić information content (AvgIpc) is 0.704. The first-order valence-electron chi connectivity index (χ1n) is 39.2. The lowest BCUT2D eigenvalue weighted by Gasteiger charge is -2.45. The van der Waals surface area contributed by atoms with E-state index in [4.69, 9.17) is 18.9 Å². The van der Waals surface area contributed by atoms with Crippen LogP contribution in [0.5, 0.6) is 161 Å². The topological polar surface area (TPSA) is 644 Å². The third-order valence-electron chi connectivity index (χ3n) is 25.4. The average molecular weight is 1730 g/mol. The molecule has 34 heteroatoms. The summed E-state index contributed by atoms with van der Waals surface area (Å²) < 4.78 is 26.7. The maximum atomic E-state index is 13.9. The molecule has 12 aromatic carbocycles. The van der Waals surface area contributed by atoms with E-state index in [1.807, 2.05) is 0 Å². The lowest BCUT2D eigenvalue weighted by molar-refractivity contribution is -0.00439. The van der Waals surface area contributed by atoms with Crippen molar-refractivity contribution < 1.29 is 172 Å². The fraction of sp³-hybridized carbons (Fsp3) is 0.217. The largest absolute Gasteiger partial charge is 0.508 e. The molecule has 650 valence electrons. The number of aliphatic hydroxyl groups is 6. The van der Waals surface area contributed by atoms with Gasteiger partial charge in [0, 0.05) is 128 Å². The fourth-order valence-electron chi connectivity index (χ4n) is 19.7. The second kappa shape index (κ2) is 29.8. The summed E-state index contributed by atoms with van der Waals surface area (Å²) in [4.78, 5) is 0. The van der Waals surface area contributed by atoms with Crippen molar-refractivity contribution in [1.82, 2.24) is 0 Å². The number of benzene rings is 12. The zero-order valence-corrected chi connectivity index (χ0v) is 64.9. The zero-order valence-electron chi connectivity index (χ0n) is 64.9. The van der Waals surface area contributed by atoms with Gasteiger partial charge in [-0.2, -0.15) is 0 Å². The molecule has 126 heavy (non-hydrogen) atoms. The van der Waals surface area contributed by atoms with Crippen molar-refractivity contribution >= 4 is 0 Å². The Balaban J connectivity index is 0.896. The van der Waals surface area contributed by atoms with Gasteiger partial charge in [0.1, 0.15) is 116 Å². The van der Waals surface area contributed by atoms with Crippen LogP contribution >= 0.6 is 0 Å². The first kappa shape index (κ1) is 81.8. The highest BCUT2D eigenvalue weighted by Gasteiger charge is 2.56. The van der Waals surface area contributed by atoms with Gasteiger partial charge in [-0.05, 0) is 130 Å². The first-order chi connectivity index (χ1) is 59.9. The number of aromatic hydroxyl groups is 24. The first-order valence-corrected chi connectivity index (χ1v) is 39.2. The molecule has 17 unspecified atom stereocenters. The van der Waals surface area contributed by atoms with Crippen molar-refractivity contribution in [3.8, 4) is 161 Å². The number of fused-ring (bicyclic) bond motifs is 6. The minimum absolute atomic E-state index is 0.00407. The molecule has 0 radical (unpaired) electrons. The summed E-state index contributed by atoms with van der Waals surface area (Å²) in [6.45, 7) is 0. The summed E-state index contributed by atoms with van der Waals surface area (Å²) in [7, 11) is 0. The lowest BCUT2D eigenvalue weighted by atomic mass is 9.64. The molecule has 0 amide bonds. The molecule has 4 aliphatic heterocycles. The summed E-state index contributed by atoms with van der Waals surface area (Å²) in [6, 6.07) is 25.1. The summed E-state index contributed by atoms with van der Waals surface area (Å²) in [5.41, 5.74) is -6.72. The summed E-state index contributed by atoms with van der Waals surface area (Å²) in [5, 5.41) is 361. The quantitative estimate of drug-likeness (QED) is 0.0536. The number of hydrogen-bond donors (Lipinski definition) is 30. The second-order valence-corrected chi connectivity index (χ2v) is 32.5. The van der Waals surface area contributed by atoms with Crippen LogP contribution in [0.25, 0.3) is 0 Å². The van der Waals surface area contributed by atoms with Crippen molar-refractivity contribution in [3.05, 3.63) is 257 Å². The number of hydrogen-bond acceptors (Lipinski definition) is 34. The van der Waals surface area contributed by atoms with E-state index < -0.39 is 315 Å². The molecule has 0 aromatic heterocycles. The van der Waals surface area contributed by atoms with Gasteiger partial charge in [-0.15, -0.1) is 0 Å². The Hall–Kier alpha value is -15.2. The van der Waals surface area contributed by atoms with Crippen LogP contribution in [0.4, 0.5) is 0 Å². The Morgan fingerprint density at radius 2 is 0.444 bits per heavy atom. The molecule has 0 saturated heterocycles. The SMILES string of the molecule is Oc1cc(O)c2c(c1)OC(c1ccc(O)c(O)c1)C(O)C2c1c(O)cc(O)c2c1OC(c1ccc(O)c(O)c1)C(O)C2c1c(O)cc(O)c2c1CC(c1ccc(O)c(O)c1)C(O)C2c1c(O)cc(O)c2c1OC(c1ccc(O)c(O)c1)C(O)C2c1c(O)cc(O)c2c1OC(c1ccc(O)c(O)c1)C(O)C2c1c(O)cc(O)c2c1CC(c1ccc(O)c(O)c1)C(O)C2. The highest BCUT2D eigenvalue weighted by atomic mass is 16.5. The van der Waals surface area contributed by atoms with Crippen LogP contribution in [0.3, 0.4) is 0 Å². The third kappa shape index (κ3) is 12.8. The molecule has 18 rings (SSSR count). The van der Waals surface area contributed by atoms with Gasteiger partial charge in [0.2, 0.25) is 0 Å². The Kier molecular flexibility index (Phi) is 19.4. The predicted molar refractivity (Wildman–Crippen MR) is 433 cm³/mol. The maximum absolute atomic E-state index is 13.9. The van der Waals surface area contributed by atoms with E-state index in [0.29, 0.717) is 18.2 Å². The third-order valence-corrected chi connectivity index (χ3v) is 25.4. The van der Waals surface area contributed by atoms with Crippen LogP contribution in [-0.4, -0.2) is 190 Å². The van der Waals surface area contributed by atoms with Crippen molar-refractivity contribution in [2.75, 3.05) is 0 Å². The van der Waals surface area contributed by atoms with Gasteiger partial charge in [0.15, 0.2) is 93.4 Å². The maximum Gasteiger partial charge on any atom is 0.157 e. The Morgan fingerprint density at radius 1 is 0.190 bits per heavy atom. The number of phenolic OH excluding ortho intramolecular Hbond substituents is 24. The number of rotatable bonds is 11. The van der Waals surface area contributed by atoms with Gasteiger partial charge in [-0.25, -0.2) is 0 Å². The number of phenols is 24. The molecule has 0 saturated carbocycles. The zero-order chi connectivity index (χ0) is 89.6. The van der Waals surface area contributed by atoms with Gasteiger partial charge >= 0.3 is 0 Å². The highest BCUT2D eigenvalue weighted by Crippen LogP contribution is 2.68. The van der Waals surface area contributed by atoms with Crippen LogP contribution in [0.15, 0.2) is 152 Å². The number of aliphatic hydroxyl groups excluding tert-OH is 6. The molecule has 4 heterocycles. The fourth-order valence-corrected chi connectivity index (χ4v) is 19.7. The normalized spacial score (nSPS) is 24.5. The molecular weight excluding hydrogens is 1650 g/mol. The van der Waals surface area contributed by atoms with Crippen LogP contribution in [0, 0.1) is 0 Å². The molecule has 34 nitrogen and oxygen atoms in total. The van der Waals surface area contributed by atoms with Gasteiger partial charge in [0.05, 0.1) is 35.9 Å². The van der Waals surface area contributed by atoms with Crippen molar-refractivity contribution in [2.24, 2.45) is 0 Å². The Labute approximate surface area is 709 Å². The highest BCUT2D eigenvalue weighted by molar-refractivity contribution is 5.76. The van der Waals surface area contributed by atoms with Crippen LogP contribution in [0.1, 0.15) is 172 Å². The molecule has 30 N–H and O–H groups in total. The Bertz CT molecular complexity index is 6550. The van der Waals surface area contributed by atoms with Crippen molar-refractivity contribution in [1.29, 1.82) is 0 Å². The molecule has 12 aromatic rings. The van der Waals surface area contributed by atoms with E-state index in [1.165, 1.54) is 30.3 Å². The second-order valence-electron chi connectivity index (χ2n) is 32.5. The van der Waals surface area contributed by atoms with Crippen molar-refractivity contribution in [3.63, 3.8) is 0 Å². The molecule has 17 atom stereocenters. The lowest BCUT2D eigenvalue weighted by Crippen LogP contribution is -2.40. The van der Waals surface area contributed by atoms with E-state index >= 15 is 0 Å². The van der Waals surface area contributed by atoms with Crippen molar-refractivity contribution in [2.45, 2.75) is 122 Å². The van der Waals surface area contributed by atoms with Crippen LogP contribution in [0.2, 0.25) is 0 Å². The van der Waals surface area contributed by atoms with Gasteiger partial charge < -0.3 is 172 Å². The molecule has 2 aliphatic carbocycles. The Morgan fingerprint density at radius 3 is 0.786 bits per heavy atom. The van der Waals surface area contributed by atoms with E-state index in [2.05, 4.69) is 0 Å². The monoisotopic (exact) mass is 1730 g/mol. The predicted octanol–water partition coefficient (Wildman–Crippen LogP) is 9.20. The standard InChI is InChI=1S/C92H78O34/c93-35-19-55(108)69-65(20-35)123-86(31-3-9-43(96)51(104)15-31)84(121)79(69)73-62(115)27-61(114)72-78(83(120)88(124-91(72)73)33-5-11-45(98)53(106)17-33)68-40-22-37(30-2-8-42(95)50(103)14-30)81(118)76(67(40)57(110)25-58(68)111)70-59(112)26-63(116)74-80(85(122)89(126-90(70)74)34-6-12-46(99)54(107)18-34)75-64(117)28-60(113)71-77(82(119)87(125-92(71)75)32-4-10-44(97)52(105)16-32)66-39-21-36(29-1-7-41(94)49(102)13-29)47(100)23-38(39)48(101)24-56(66)109/h1-20,24-28,36-37,47,76-89,93-122H,21-23H2. The van der Waals surface area contributed by atoms with Crippen LogP contribution in [-0.2, 0) is 19.3 Å². The molecule has 0 fully saturated rings. The minimum atomic E-state index is -2.35. The minimum Gasteiger partial charge on any atom is -0.508 e. The van der Waals surface area contributed by atoms with E-state index in [9.17, 15) is 153 Å². The smallest absolute Gasteiger partial charge is 0.157 e. The van der Waals surface area contributed by atoms with Gasteiger partial charge in [-0.3, -0.25) is 0 Å². The molecule has 0 bridgehead atoms. The van der Waals surface area contributed by atoms with E-state index in [1.54, 1.807) is 0 Å². The van der Waals surface area contributed by atoms with Gasteiger partial charge in [-0.1, -0.05) is 36.4 Å². The van der Waals surface area contributed by atoms with E-state index in [0.717, 1.165) is 103 Å². The molecule has 6 aliphatic rings. The van der Waals surface area contributed by atoms with Gasteiger partial charge in [0.25, 0.3) is 0 Å². The molecule has 0 spiro atoms. The summed E-state index contributed by atoms with van der Waals surface area (Å²) in [6.07, 6.45) is -21.6. The summed E-state index contributed by atoms with van der Waals surface area (Å²) in [5.74, 6) is -35.1. The molecular formula is C92H78O34. The number of ether oxygens (including phenoxy) is 4. The van der Waals surface area contributed by atoms with Crippen LogP contribution < -0.4 is 18.9 Å². The van der Waals surface area contributed by atoms with E-state index in [-0.39, 0.29) is 73.4 Å². The summed E-state index contributed by atoms with van der Waals surface area (Å²) >= 11 is 0.